The number of amides is 2. The number of hydrogen-bond acceptors (Lipinski definition) is 2. The molecule has 0 heterocycles. The second-order valence-corrected chi connectivity index (χ2v) is 5.57. The summed E-state index contributed by atoms with van der Waals surface area (Å²) in [6, 6.07) is 13.3. The number of para-hydroxylation sites is 1. The Kier molecular flexibility index (Phi) is 4.79. The fourth-order valence-electron chi connectivity index (χ4n) is 1.83. The summed E-state index contributed by atoms with van der Waals surface area (Å²) in [4.78, 5) is 24.7. The SMILES string of the molecule is CN(C(=O)Nc1cccc(I)c1)c1ccccc1C(=O)O. The number of hydrogen-bond donors (Lipinski definition) is 2. The third-order valence-electron chi connectivity index (χ3n) is 2.88. The Morgan fingerprint density at radius 1 is 1.14 bits per heavy atom. The molecule has 0 bridgehead atoms. The first-order valence-electron chi connectivity index (χ1n) is 6.11. The normalized spacial score (nSPS) is 10.0. The number of carbonyl (C=O) groups is 2. The quantitative estimate of drug-likeness (QED) is 0.779. The van der Waals surface area contributed by atoms with Crippen molar-refractivity contribution in [1.29, 1.82) is 0 Å². The van der Waals surface area contributed by atoms with E-state index in [1.807, 2.05) is 18.2 Å². The number of anilines is 2. The zero-order valence-corrected chi connectivity index (χ0v) is 13.4. The van der Waals surface area contributed by atoms with Crippen molar-refractivity contribution in [1.82, 2.24) is 0 Å². The molecule has 0 radical (unpaired) electrons. The van der Waals surface area contributed by atoms with Crippen LogP contribution in [0.1, 0.15) is 10.4 Å². The summed E-state index contributed by atoms with van der Waals surface area (Å²) in [6.45, 7) is 0. The average molecular weight is 396 g/mol. The second kappa shape index (κ2) is 6.57. The van der Waals surface area contributed by atoms with Crippen molar-refractivity contribution < 1.29 is 14.7 Å². The van der Waals surface area contributed by atoms with Gasteiger partial charge in [0.15, 0.2) is 0 Å². The van der Waals surface area contributed by atoms with Gasteiger partial charge >= 0.3 is 12.0 Å². The van der Waals surface area contributed by atoms with E-state index in [4.69, 9.17) is 5.11 Å². The number of rotatable bonds is 3. The van der Waals surface area contributed by atoms with E-state index in [0.29, 0.717) is 11.4 Å². The number of halogens is 1. The topological polar surface area (TPSA) is 69.6 Å². The largest absolute Gasteiger partial charge is 0.478 e. The van der Waals surface area contributed by atoms with E-state index in [-0.39, 0.29) is 5.56 Å². The van der Waals surface area contributed by atoms with Crippen molar-refractivity contribution in [3.63, 3.8) is 0 Å². The third kappa shape index (κ3) is 3.72. The van der Waals surface area contributed by atoms with Crippen LogP contribution in [0.4, 0.5) is 16.2 Å². The zero-order valence-electron chi connectivity index (χ0n) is 11.2. The summed E-state index contributed by atoms with van der Waals surface area (Å²) >= 11 is 2.15. The fraction of sp³-hybridized carbons (Fsp3) is 0.0667. The number of nitrogens with zero attached hydrogens (tertiary/aromatic N) is 1. The Labute approximate surface area is 135 Å². The molecule has 6 heteroatoms. The van der Waals surface area contributed by atoms with Gasteiger partial charge in [-0.05, 0) is 52.9 Å². The van der Waals surface area contributed by atoms with Gasteiger partial charge in [0.25, 0.3) is 0 Å². The highest BCUT2D eigenvalue weighted by Crippen LogP contribution is 2.20. The van der Waals surface area contributed by atoms with Gasteiger partial charge in [0.2, 0.25) is 0 Å². The molecule has 0 aliphatic rings. The molecule has 2 amide bonds. The molecule has 108 valence electrons. The van der Waals surface area contributed by atoms with E-state index in [0.717, 1.165) is 3.57 Å². The summed E-state index contributed by atoms with van der Waals surface area (Å²) in [5.41, 5.74) is 1.08. The van der Waals surface area contributed by atoms with E-state index < -0.39 is 12.0 Å². The number of carboxylic acid groups (broad SMARTS) is 1. The van der Waals surface area contributed by atoms with Crippen LogP contribution in [0, 0.1) is 3.57 Å². The first-order valence-corrected chi connectivity index (χ1v) is 7.19. The molecule has 0 spiro atoms. The van der Waals surface area contributed by atoms with Gasteiger partial charge in [0, 0.05) is 16.3 Å². The number of carboxylic acids is 1. The van der Waals surface area contributed by atoms with Crippen molar-refractivity contribution in [2.75, 3.05) is 17.3 Å². The van der Waals surface area contributed by atoms with Crippen molar-refractivity contribution in [3.8, 4) is 0 Å². The van der Waals surface area contributed by atoms with Crippen LogP contribution >= 0.6 is 22.6 Å². The molecule has 0 aliphatic carbocycles. The maximum atomic E-state index is 12.2. The van der Waals surface area contributed by atoms with Gasteiger partial charge in [-0.3, -0.25) is 4.90 Å². The van der Waals surface area contributed by atoms with Gasteiger partial charge in [0.1, 0.15) is 0 Å². The van der Waals surface area contributed by atoms with Gasteiger partial charge in [0.05, 0.1) is 11.3 Å². The van der Waals surface area contributed by atoms with Crippen molar-refractivity contribution in [2.45, 2.75) is 0 Å². The Morgan fingerprint density at radius 3 is 2.52 bits per heavy atom. The second-order valence-electron chi connectivity index (χ2n) is 4.32. The lowest BCUT2D eigenvalue weighted by Gasteiger charge is -2.20. The summed E-state index contributed by atoms with van der Waals surface area (Å²) in [5.74, 6) is -1.07. The van der Waals surface area contributed by atoms with Crippen LogP contribution in [0.15, 0.2) is 48.5 Å². The van der Waals surface area contributed by atoms with Crippen LogP contribution in [0.2, 0.25) is 0 Å². The Hall–Kier alpha value is -2.09. The van der Waals surface area contributed by atoms with Gasteiger partial charge in [-0.25, -0.2) is 9.59 Å². The van der Waals surface area contributed by atoms with Crippen LogP contribution in [-0.2, 0) is 0 Å². The first-order chi connectivity index (χ1) is 9.99. The molecule has 0 aliphatic heterocycles. The summed E-state index contributed by atoms with van der Waals surface area (Å²) in [6.07, 6.45) is 0. The predicted molar refractivity (Wildman–Crippen MR) is 90.0 cm³/mol. The summed E-state index contributed by atoms with van der Waals surface area (Å²) in [7, 11) is 1.53. The van der Waals surface area contributed by atoms with Crippen LogP contribution in [0.25, 0.3) is 0 Å². The highest BCUT2D eigenvalue weighted by atomic mass is 127. The molecule has 0 fully saturated rings. The Morgan fingerprint density at radius 2 is 1.86 bits per heavy atom. The van der Waals surface area contributed by atoms with Gasteiger partial charge in [-0.1, -0.05) is 18.2 Å². The third-order valence-corrected chi connectivity index (χ3v) is 3.55. The number of carbonyl (C=O) groups excluding carboxylic acids is 1. The number of urea groups is 1. The van der Waals surface area contributed by atoms with Crippen molar-refractivity contribution in [2.24, 2.45) is 0 Å². The number of benzene rings is 2. The number of aromatic carboxylic acids is 1. The summed E-state index contributed by atoms with van der Waals surface area (Å²) in [5, 5.41) is 11.9. The molecule has 2 aromatic rings. The molecule has 5 nitrogen and oxygen atoms in total. The van der Waals surface area contributed by atoms with Crippen LogP contribution in [-0.4, -0.2) is 24.2 Å². The molecule has 0 saturated heterocycles. The van der Waals surface area contributed by atoms with Crippen LogP contribution < -0.4 is 10.2 Å². The lowest BCUT2D eigenvalue weighted by atomic mass is 10.1. The lowest BCUT2D eigenvalue weighted by Crippen LogP contribution is -2.32. The van der Waals surface area contributed by atoms with Crippen molar-refractivity contribution in [3.05, 3.63) is 57.7 Å². The minimum Gasteiger partial charge on any atom is -0.478 e. The minimum atomic E-state index is -1.07. The molecule has 2 rings (SSSR count). The molecular weight excluding hydrogens is 383 g/mol. The monoisotopic (exact) mass is 396 g/mol. The Bertz CT molecular complexity index is 688. The fourth-order valence-corrected chi connectivity index (χ4v) is 2.37. The smallest absolute Gasteiger partial charge is 0.337 e. The first kappa shape index (κ1) is 15.3. The van der Waals surface area contributed by atoms with E-state index in [1.165, 1.54) is 18.0 Å². The van der Waals surface area contributed by atoms with Gasteiger partial charge in [-0.2, -0.15) is 0 Å². The lowest BCUT2D eigenvalue weighted by molar-refractivity contribution is 0.0697. The molecule has 21 heavy (non-hydrogen) atoms. The molecule has 2 aromatic carbocycles. The Balaban J connectivity index is 2.22. The van der Waals surface area contributed by atoms with Gasteiger partial charge in [-0.15, -0.1) is 0 Å². The van der Waals surface area contributed by atoms with Crippen molar-refractivity contribution >= 4 is 46.0 Å². The standard InChI is InChI=1S/C15H13IN2O3/c1-18(13-8-3-2-7-12(13)14(19)20)15(21)17-11-6-4-5-10(16)9-11/h2-9H,1H3,(H,17,21)(H,19,20). The summed E-state index contributed by atoms with van der Waals surface area (Å²) < 4.78 is 0.999. The average Bonchev–Trinajstić information content (AvgIpc) is 2.46. The van der Waals surface area contributed by atoms with E-state index in [9.17, 15) is 9.59 Å². The zero-order chi connectivity index (χ0) is 15.4. The van der Waals surface area contributed by atoms with E-state index in [1.54, 1.807) is 24.3 Å². The highest BCUT2D eigenvalue weighted by Gasteiger charge is 2.17. The minimum absolute atomic E-state index is 0.0813. The number of nitrogens with one attached hydrogen (secondary N) is 1. The molecule has 2 N–H and O–H groups in total. The van der Waals surface area contributed by atoms with Crippen LogP contribution in [0.5, 0.6) is 0 Å². The molecule has 0 aromatic heterocycles. The van der Waals surface area contributed by atoms with Crippen LogP contribution in [0.3, 0.4) is 0 Å². The molecule has 0 atom stereocenters. The molecule has 0 saturated carbocycles. The highest BCUT2D eigenvalue weighted by molar-refractivity contribution is 14.1. The molecule has 0 unspecified atom stereocenters. The maximum Gasteiger partial charge on any atom is 0.337 e. The van der Waals surface area contributed by atoms with E-state index in [2.05, 4.69) is 27.9 Å². The maximum absolute atomic E-state index is 12.2. The van der Waals surface area contributed by atoms with E-state index >= 15 is 0 Å². The van der Waals surface area contributed by atoms with Gasteiger partial charge < -0.3 is 10.4 Å². The molecular formula is C15H13IN2O3. The predicted octanol–water partition coefficient (Wildman–Crippen LogP) is 3.66.